The Labute approximate surface area is 162 Å². The molecule has 2 heterocycles. The molecule has 3 rings (SSSR count). The first-order valence-corrected chi connectivity index (χ1v) is 10.5. The van der Waals surface area contributed by atoms with Crippen molar-refractivity contribution in [1.29, 1.82) is 0 Å². The van der Waals surface area contributed by atoms with Gasteiger partial charge in [-0.15, -0.1) is 23.5 Å². The number of fused-ring (bicyclic) bond motifs is 1. The van der Waals surface area contributed by atoms with Crippen molar-refractivity contribution in [2.75, 3.05) is 5.75 Å². The van der Waals surface area contributed by atoms with Crippen LogP contribution in [0.4, 0.5) is 0 Å². The molecular formula is C20H23NO3S2. The molecule has 2 aliphatic rings. The monoisotopic (exact) mass is 389 g/mol. The zero-order valence-electron chi connectivity index (χ0n) is 15.1. The number of benzene rings is 1. The Bertz CT molecular complexity index is 771. The summed E-state index contributed by atoms with van der Waals surface area (Å²) < 4.78 is -0.521. The van der Waals surface area contributed by atoms with Crippen LogP contribution in [0.1, 0.15) is 26.3 Å². The van der Waals surface area contributed by atoms with Crippen LogP contribution in [0.15, 0.2) is 53.0 Å². The third-order valence-electron chi connectivity index (χ3n) is 4.58. The van der Waals surface area contributed by atoms with Gasteiger partial charge in [0.1, 0.15) is 11.4 Å². The number of hydrogen-bond donors (Lipinski definition) is 1. The van der Waals surface area contributed by atoms with Crippen LogP contribution >= 0.6 is 23.5 Å². The van der Waals surface area contributed by atoms with E-state index < -0.39 is 16.8 Å². The molecule has 0 bridgehead atoms. The van der Waals surface area contributed by atoms with E-state index in [1.54, 1.807) is 16.7 Å². The topological polar surface area (TPSA) is 57.6 Å². The highest BCUT2D eigenvalue weighted by molar-refractivity contribution is 8.04. The Morgan fingerprint density at radius 1 is 1.35 bits per heavy atom. The van der Waals surface area contributed by atoms with Gasteiger partial charge in [-0.2, -0.15) is 0 Å². The molecule has 0 unspecified atom stereocenters. The fraction of sp³-hybridized carbons (Fsp3) is 0.400. The van der Waals surface area contributed by atoms with Crippen molar-refractivity contribution in [1.82, 2.24) is 4.90 Å². The van der Waals surface area contributed by atoms with E-state index in [4.69, 9.17) is 0 Å². The first-order valence-electron chi connectivity index (χ1n) is 8.67. The smallest absolute Gasteiger partial charge is 0.327 e. The van der Waals surface area contributed by atoms with Crippen molar-refractivity contribution in [3.8, 4) is 0 Å². The summed E-state index contributed by atoms with van der Waals surface area (Å²) in [6, 6.07) is 9.34. The number of rotatable bonds is 6. The second kappa shape index (κ2) is 7.53. The van der Waals surface area contributed by atoms with Gasteiger partial charge in [0.05, 0.1) is 4.91 Å². The van der Waals surface area contributed by atoms with Gasteiger partial charge in [0, 0.05) is 10.3 Å². The summed E-state index contributed by atoms with van der Waals surface area (Å²) in [7, 11) is 0. The van der Waals surface area contributed by atoms with Crippen molar-refractivity contribution in [3.63, 3.8) is 0 Å². The summed E-state index contributed by atoms with van der Waals surface area (Å²) in [4.78, 5) is 27.0. The van der Waals surface area contributed by atoms with E-state index >= 15 is 0 Å². The largest absolute Gasteiger partial charge is 0.480 e. The molecule has 0 radical (unpaired) electrons. The van der Waals surface area contributed by atoms with Gasteiger partial charge in [0.25, 0.3) is 5.91 Å². The van der Waals surface area contributed by atoms with Crippen molar-refractivity contribution in [2.45, 2.75) is 43.4 Å². The van der Waals surface area contributed by atoms with E-state index in [0.29, 0.717) is 4.91 Å². The maximum atomic E-state index is 13.0. The van der Waals surface area contributed by atoms with Crippen LogP contribution in [0.2, 0.25) is 0 Å². The first-order chi connectivity index (χ1) is 12.4. The second-order valence-electron chi connectivity index (χ2n) is 6.84. The van der Waals surface area contributed by atoms with E-state index in [9.17, 15) is 14.7 Å². The molecule has 1 aromatic rings. The van der Waals surface area contributed by atoms with Gasteiger partial charge in [-0.1, -0.05) is 49.4 Å². The van der Waals surface area contributed by atoms with Gasteiger partial charge >= 0.3 is 5.97 Å². The normalized spacial score (nSPS) is 24.6. The highest BCUT2D eigenvalue weighted by Crippen LogP contribution is 2.53. The van der Waals surface area contributed by atoms with Crippen LogP contribution in [0.25, 0.3) is 0 Å². The number of nitrogens with zero attached hydrogens (tertiary/aromatic N) is 1. The molecule has 6 heteroatoms. The van der Waals surface area contributed by atoms with Gasteiger partial charge in [-0.3, -0.25) is 4.79 Å². The average molecular weight is 390 g/mol. The van der Waals surface area contributed by atoms with Crippen LogP contribution in [-0.2, 0) is 16.0 Å². The third-order valence-corrected chi connectivity index (χ3v) is 7.10. The molecule has 1 fully saturated rings. The van der Waals surface area contributed by atoms with Crippen LogP contribution in [-0.4, -0.2) is 43.8 Å². The average Bonchev–Trinajstić information content (AvgIpc) is 3.00. The number of carboxylic acids is 1. The van der Waals surface area contributed by atoms with Gasteiger partial charge in [-0.25, -0.2) is 4.79 Å². The Morgan fingerprint density at radius 3 is 2.65 bits per heavy atom. The van der Waals surface area contributed by atoms with Crippen LogP contribution < -0.4 is 0 Å². The first kappa shape index (κ1) is 19.1. The minimum Gasteiger partial charge on any atom is -0.480 e. The summed E-state index contributed by atoms with van der Waals surface area (Å²) >= 11 is 3.07. The molecule has 1 aromatic carbocycles. The quantitative estimate of drug-likeness (QED) is 0.799. The summed E-state index contributed by atoms with van der Waals surface area (Å²) in [5.74, 6) is -0.302. The number of allylic oxidation sites excluding steroid dienone is 1. The number of carboxylic acid groups (broad SMARTS) is 1. The summed E-state index contributed by atoms with van der Waals surface area (Å²) in [5.41, 5.74) is 2.15. The molecule has 1 N–H and O–H groups in total. The fourth-order valence-electron chi connectivity index (χ4n) is 3.47. The minimum absolute atomic E-state index is 0.147. The summed E-state index contributed by atoms with van der Waals surface area (Å²) in [6.45, 7) is 5.81. The molecular weight excluding hydrogens is 366 g/mol. The SMILES string of the molecule is CCSC1=C(/C=C/Cc2ccccc2)[C@H]2SC(C)(C)[C@H](C(=O)O)N2C1=O. The predicted octanol–water partition coefficient (Wildman–Crippen LogP) is 3.94. The molecule has 0 aromatic heterocycles. The molecule has 26 heavy (non-hydrogen) atoms. The third kappa shape index (κ3) is 3.45. The molecule has 1 saturated heterocycles. The van der Waals surface area contributed by atoms with E-state index in [-0.39, 0.29) is 11.3 Å². The van der Waals surface area contributed by atoms with Crippen molar-refractivity contribution in [2.24, 2.45) is 0 Å². The van der Waals surface area contributed by atoms with Crippen LogP contribution in [0.3, 0.4) is 0 Å². The molecule has 4 nitrogen and oxygen atoms in total. The maximum absolute atomic E-state index is 13.0. The molecule has 138 valence electrons. The zero-order chi connectivity index (χ0) is 18.9. The van der Waals surface area contributed by atoms with Crippen LogP contribution in [0.5, 0.6) is 0 Å². The molecule has 1 amide bonds. The van der Waals surface area contributed by atoms with E-state index in [2.05, 4.69) is 18.2 Å². The lowest BCUT2D eigenvalue weighted by Crippen LogP contribution is -2.48. The Hall–Kier alpha value is -1.66. The molecule has 2 atom stereocenters. The van der Waals surface area contributed by atoms with Crippen molar-refractivity contribution < 1.29 is 14.7 Å². The van der Waals surface area contributed by atoms with Gasteiger partial charge in [0.15, 0.2) is 0 Å². The molecule has 0 saturated carbocycles. The van der Waals surface area contributed by atoms with Crippen LogP contribution in [0, 0.1) is 0 Å². The lowest BCUT2D eigenvalue weighted by atomic mass is 10.0. The molecule has 0 aliphatic carbocycles. The zero-order valence-corrected chi connectivity index (χ0v) is 16.8. The Balaban J connectivity index is 1.90. The number of thioether (sulfide) groups is 2. The second-order valence-corrected chi connectivity index (χ2v) is 9.85. The molecule has 2 aliphatic heterocycles. The fourth-order valence-corrected chi connectivity index (χ4v) is 5.98. The summed E-state index contributed by atoms with van der Waals surface area (Å²) in [6.07, 6.45) is 4.87. The summed E-state index contributed by atoms with van der Waals surface area (Å²) in [5, 5.41) is 9.47. The predicted molar refractivity (Wildman–Crippen MR) is 108 cm³/mol. The van der Waals surface area contributed by atoms with Crippen molar-refractivity contribution in [3.05, 3.63) is 58.5 Å². The Kier molecular flexibility index (Phi) is 5.53. The van der Waals surface area contributed by atoms with E-state index in [1.165, 1.54) is 17.3 Å². The highest BCUT2D eigenvalue weighted by atomic mass is 32.2. The van der Waals surface area contributed by atoms with Gasteiger partial charge < -0.3 is 10.0 Å². The van der Waals surface area contributed by atoms with Crippen molar-refractivity contribution >= 4 is 35.4 Å². The standard InChI is InChI=1S/C20H23NO3S2/c1-4-25-15-14(12-8-11-13-9-6-5-7-10-13)18-21(17(15)22)16(19(23)24)20(2,3)26-18/h5-10,12,16,18H,4,11H2,1-3H3,(H,23,24)/b12-8+/t16-,18+/m0/s1. The van der Waals surface area contributed by atoms with E-state index in [1.807, 2.05) is 45.0 Å². The lowest BCUT2D eigenvalue weighted by molar-refractivity contribution is -0.148. The number of amides is 1. The Morgan fingerprint density at radius 2 is 2.04 bits per heavy atom. The number of hydrogen-bond acceptors (Lipinski definition) is 4. The lowest BCUT2D eigenvalue weighted by Gasteiger charge is -2.26. The van der Waals surface area contributed by atoms with Gasteiger partial charge in [-0.05, 0) is 31.6 Å². The molecule has 0 spiro atoms. The number of carbonyl (C=O) groups excluding carboxylic acids is 1. The van der Waals surface area contributed by atoms with Gasteiger partial charge in [0.2, 0.25) is 0 Å². The number of aliphatic carboxylic acids is 1. The maximum Gasteiger partial charge on any atom is 0.327 e. The minimum atomic E-state index is -0.936. The highest BCUT2D eigenvalue weighted by Gasteiger charge is 2.57. The van der Waals surface area contributed by atoms with E-state index in [0.717, 1.165) is 17.7 Å². The number of carbonyl (C=O) groups is 2.